The van der Waals surface area contributed by atoms with Crippen LogP contribution in [0.15, 0.2) is 30.3 Å². The van der Waals surface area contributed by atoms with Crippen LogP contribution in [0.1, 0.15) is 31.7 Å². The second-order valence-corrected chi connectivity index (χ2v) is 5.68. The molecular formula is C18H19FN2O2. The maximum Gasteiger partial charge on any atom is 0.247 e. The quantitative estimate of drug-likeness (QED) is 0.634. The number of carbonyl (C=O) groups is 2. The third-order valence-corrected chi connectivity index (χ3v) is 3.99. The van der Waals surface area contributed by atoms with Gasteiger partial charge in [-0.15, -0.1) is 0 Å². The van der Waals surface area contributed by atoms with E-state index in [4.69, 9.17) is 0 Å². The van der Waals surface area contributed by atoms with E-state index in [1.807, 2.05) is 6.07 Å². The molecule has 1 unspecified atom stereocenters. The highest BCUT2D eigenvalue weighted by Crippen LogP contribution is 2.17. The van der Waals surface area contributed by atoms with Crippen LogP contribution in [0.4, 0.5) is 4.39 Å². The van der Waals surface area contributed by atoms with Gasteiger partial charge in [-0.25, -0.2) is 4.39 Å². The molecule has 1 amide bonds. The molecule has 0 radical (unpaired) electrons. The van der Waals surface area contributed by atoms with Gasteiger partial charge in [0, 0.05) is 13.1 Å². The van der Waals surface area contributed by atoms with E-state index in [9.17, 15) is 19.2 Å². The van der Waals surface area contributed by atoms with Crippen LogP contribution in [-0.2, 0) is 9.59 Å². The Bertz CT molecular complexity index is 653. The van der Waals surface area contributed by atoms with Crippen LogP contribution in [0.25, 0.3) is 5.57 Å². The Morgan fingerprint density at radius 3 is 2.39 bits per heavy atom. The zero-order valence-corrected chi connectivity index (χ0v) is 13.1. The molecule has 1 aromatic rings. The van der Waals surface area contributed by atoms with Crippen LogP contribution < -0.4 is 0 Å². The lowest BCUT2D eigenvalue weighted by molar-refractivity contribution is -0.138. The summed E-state index contributed by atoms with van der Waals surface area (Å²) in [4.78, 5) is 26.2. The van der Waals surface area contributed by atoms with Gasteiger partial charge in [0.05, 0.1) is 6.07 Å². The zero-order chi connectivity index (χ0) is 16.8. The summed E-state index contributed by atoms with van der Waals surface area (Å²) < 4.78 is 12.9. The Labute approximate surface area is 135 Å². The lowest BCUT2D eigenvalue weighted by atomic mass is 9.98. The predicted octanol–water partition coefficient (Wildman–Crippen LogP) is 2.95. The highest BCUT2D eigenvalue weighted by Gasteiger charge is 2.30. The molecule has 2 rings (SSSR count). The fourth-order valence-corrected chi connectivity index (χ4v) is 2.63. The van der Waals surface area contributed by atoms with Crippen molar-refractivity contribution in [2.75, 3.05) is 13.1 Å². The van der Waals surface area contributed by atoms with Gasteiger partial charge < -0.3 is 4.90 Å². The van der Waals surface area contributed by atoms with Crippen LogP contribution in [-0.4, -0.2) is 29.7 Å². The molecule has 5 heteroatoms. The number of hydrogen-bond donors (Lipinski definition) is 0. The largest absolute Gasteiger partial charge is 0.341 e. The van der Waals surface area contributed by atoms with Crippen molar-refractivity contribution in [1.29, 1.82) is 5.26 Å². The zero-order valence-electron chi connectivity index (χ0n) is 13.1. The Kier molecular flexibility index (Phi) is 5.64. The molecule has 1 saturated heterocycles. The van der Waals surface area contributed by atoms with Crippen molar-refractivity contribution in [2.24, 2.45) is 5.92 Å². The average molecular weight is 314 g/mol. The van der Waals surface area contributed by atoms with E-state index in [1.165, 1.54) is 18.2 Å². The monoisotopic (exact) mass is 314 g/mol. The van der Waals surface area contributed by atoms with Gasteiger partial charge in [-0.05, 0) is 55.5 Å². The normalized spacial score (nSPS) is 16.6. The molecule has 1 aliphatic heterocycles. The first-order valence-electron chi connectivity index (χ1n) is 7.69. The molecule has 1 heterocycles. The minimum atomic E-state index is -1.30. The molecule has 0 N–H and O–H groups in total. The van der Waals surface area contributed by atoms with Gasteiger partial charge in [0.15, 0.2) is 11.7 Å². The number of benzene rings is 1. The van der Waals surface area contributed by atoms with Gasteiger partial charge in [-0.1, -0.05) is 12.1 Å². The number of piperidine rings is 1. The highest BCUT2D eigenvalue weighted by molar-refractivity contribution is 6.11. The van der Waals surface area contributed by atoms with Crippen LogP contribution in [0.5, 0.6) is 0 Å². The maximum absolute atomic E-state index is 12.9. The second-order valence-electron chi connectivity index (χ2n) is 5.68. The van der Waals surface area contributed by atoms with E-state index in [1.54, 1.807) is 24.0 Å². The smallest absolute Gasteiger partial charge is 0.247 e. The minimum Gasteiger partial charge on any atom is -0.341 e. The number of nitrogens with zero attached hydrogens (tertiary/aromatic N) is 2. The van der Waals surface area contributed by atoms with Gasteiger partial charge in [0.25, 0.3) is 0 Å². The van der Waals surface area contributed by atoms with Crippen LogP contribution >= 0.6 is 0 Å². The Hall–Kier alpha value is -2.48. The fraction of sp³-hybridized carbons (Fsp3) is 0.389. The summed E-state index contributed by atoms with van der Waals surface area (Å²) in [5.41, 5.74) is 1.28. The number of likely N-dealkylation sites (tertiary alicyclic amines) is 1. The first-order valence-corrected chi connectivity index (χ1v) is 7.69. The van der Waals surface area contributed by atoms with Crippen molar-refractivity contribution >= 4 is 17.3 Å². The SMILES string of the molecule is CC(=CC(=O)C(C#N)C(=O)N1CCCCC1)c1ccc(F)cc1. The summed E-state index contributed by atoms with van der Waals surface area (Å²) >= 11 is 0. The van der Waals surface area contributed by atoms with Crippen molar-refractivity contribution in [2.45, 2.75) is 26.2 Å². The molecule has 1 atom stereocenters. The lowest BCUT2D eigenvalue weighted by Gasteiger charge is -2.27. The Balaban J connectivity index is 2.12. The summed E-state index contributed by atoms with van der Waals surface area (Å²) in [7, 11) is 0. The van der Waals surface area contributed by atoms with Crippen LogP contribution in [0, 0.1) is 23.1 Å². The summed E-state index contributed by atoms with van der Waals surface area (Å²) in [6.45, 7) is 2.90. The molecule has 1 aromatic carbocycles. The first-order chi connectivity index (χ1) is 11.0. The molecule has 4 nitrogen and oxygen atoms in total. The molecular weight excluding hydrogens is 295 g/mol. The van der Waals surface area contributed by atoms with E-state index in [2.05, 4.69) is 0 Å². The average Bonchev–Trinajstić information content (AvgIpc) is 2.56. The number of carbonyl (C=O) groups excluding carboxylic acids is 2. The van der Waals surface area contributed by atoms with Crippen LogP contribution in [0.2, 0.25) is 0 Å². The predicted molar refractivity (Wildman–Crippen MR) is 84.6 cm³/mol. The topological polar surface area (TPSA) is 61.2 Å². The van der Waals surface area contributed by atoms with Crippen molar-refractivity contribution in [3.63, 3.8) is 0 Å². The number of halogens is 1. The number of hydrogen-bond acceptors (Lipinski definition) is 3. The molecule has 0 aromatic heterocycles. The summed E-state index contributed by atoms with van der Waals surface area (Å²) in [5, 5.41) is 9.22. The Morgan fingerprint density at radius 2 is 1.83 bits per heavy atom. The molecule has 0 saturated carbocycles. The molecule has 0 spiro atoms. The van der Waals surface area contributed by atoms with Gasteiger partial charge >= 0.3 is 0 Å². The van der Waals surface area contributed by atoms with Crippen molar-refractivity contribution in [3.8, 4) is 6.07 Å². The van der Waals surface area contributed by atoms with Gasteiger partial charge in [-0.2, -0.15) is 5.26 Å². The molecule has 0 bridgehead atoms. The van der Waals surface area contributed by atoms with Crippen molar-refractivity contribution in [1.82, 2.24) is 4.90 Å². The molecule has 120 valence electrons. The van der Waals surface area contributed by atoms with Crippen molar-refractivity contribution < 1.29 is 14.0 Å². The molecule has 0 aliphatic carbocycles. The number of ketones is 1. The third-order valence-electron chi connectivity index (χ3n) is 3.99. The molecule has 1 aliphatic rings. The highest BCUT2D eigenvalue weighted by atomic mass is 19.1. The number of rotatable bonds is 4. The minimum absolute atomic E-state index is 0.358. The van der Waals surface area contributed by atoms with E-state index in [0.29, 0.717) is 24.2 Å². The standard InChI is InChI=1S/C18H19FN2O2/c1-13(14-5-7-15(19)8-6-14)11-17(22)16(12-20)18(23)21-9-3-2-4-10-21/h5-8,11,16H,2-4,9-10H2,1H3. The van der Waals surface area contributed by atoms with Gasteiger partial charge in [-0.3, -0.25) is 9.59 Å². The van der Waals surface area contributed by atoms with E-state index >= 15 is 0 Å². The van der Waals surface area contributed by atoms with E-state index < -0.39 is 17.6 Å². The Morgan fingerprint density at radius 1 is 1.22 bits per heavy atom. The summed E-state index contributed by atoms with van der Waals surface area (Å²) in [6.07, 6.45) is 4.17. The van der Waals surface area contributed by atoms with E-state index in [-0.39, 0.29) is 5.82 Å². The van der Waals surface area contributed by atoms with Crippen molar-refractivity contribution in [3.05, 3.63) is 41.7 Å². The lowest BCUT2D eigenvalue weighted by Crippen LogP contribution is -2.41. The van der Waals surface area contributed by atoms with E-state index in [0.717, 1.165) is 19.3 Å². The number of amides is 1. The number of allylic oxidation sites excluding steroid dienone is 2. The van der Waals surface area contributed by atoms with Crippen LogP contribution in [0.3, 0.4) is 0 Å². The fourth-order valence-electron chi connectivity index (χ4n) is 2.63. The molecule has 23 heavy (non-hydrogen) atoms. The first kappa shape index (κ1) is 16.9. The molecule has 1 fully saturated rings. The second kappa shape index (κ2) is 7.68. The van der Waals surface area contributed by atoms with Gasteiger partial charge in [0.2, 0.25) is 5.91 Å². The maximum atomic E-state index is 12.9. The number of nitriles is 1. The summed E-state index contributed by atoms with van der Waals surface area (Å²) in [6, 6.07) is 7.54. The summed E-state index contributed by atoms with van der Waals surface area (Å²) in [5.74, 6) is -2.60. The van der Waals surface area contributed by atoms with Gasteiger partial charge in [0.1, 0.15) is 5.82 Å². The third kappa shape index (κ3) is 4.26.